The summed E-state index contributed by atoms with van der Waals surface area (Å²) in [4.78, 5) is 13.5. The number of rotatable bonds is 5. The zero-order chi connectivity index (χ0) is 13.5. The smallest absolute Gasteiger partial charge is 0.323 e. The van der Waals surface area contributed by atoms with Crippen LogP contribution in [0.3, 0.4) is 0 Å². The first-order valence-electron chi connectivity index (χ1n) is 5.80. The molecule has 0 saturated carbocycles. The molecule has 1 aromatic heterocycles. The number of nitrogens with zero attached hydrogens (tertiary/aromatic N) is 4. The fourth-order valence-electron chi connectivity index (χ4n) is 1.55. The predicted octanol–water partition coefficient (Wildman–Crippen LogP) is 0.621. The number of nitriles is 1. The molecular weight excluding hydrogens is 234 g/mol. The van der Waals surface area contributed by atoms with Crippen molar-refractivity contribution in [1.29, 1.82) is 5.26 Å². The second-order valence-electron chi connectivity index (χ2n) is 3.57. The molecule has 18 heavy (non-hydrogen) atoms. The van der Waals surface area contributed by atoms with Gasteiger partial charge in [-0.15, -0.1) is 0 Å². The molecule has 0 unspecified atom stereocenters. The van der Waals surface area contributed by atoms with Gasteiger partial charge in [0, 0.05) is 13.1 Å². The van der Waals surface area contributed by atoms with E-state index in [0.29, 0.717) is 18.9 Å². The topological polar surface area (TPSA) is 94.2 Å². The zero-order valence-electron chi connectivity index (χ0n) is 10.6. The highest BCUT2D eigenvalue weighted by atomic mass is 16.3. The van der Waals surface area contributed by atoms with E-state index in [0.717, 1.165) is 0 Å². The van der Waals surface area contributed by atoms with Crippen LogP contribution < -0.4 is 5.32 Å². The van der Waals surface area contributed by atoms with Gasteiger partial charge in [-0.2, -0.15) is 10.4 Å². The van der Waals surface area contributed by atoms with Crippen LogP contribution in [0.5, 0.6) is 0 Å². The van der Waals surface area contributed by atoms with Crippen molar-refractivity contribution >= 4 is 11.8 Å². The quantitative estimate of drug-likeness (QED) is 0.802. The Balaban J connectivity index is 2.91. The Morgan fingerprint density at radius 3 is 2.78 bits per heavy atom. The Bertz CT molecular complexity index is 445. The Hall–Kier alpha value is -2.07. The van der Waals surface area contributed by atoms with Gasteiger partial charge < -0.3 is 10.0 Å². The number of nitrogens with one attached hydrogen (secondary N) is 1. The number of carbonyl (C=O) groups is 1. The Labute approximate surface area is 106 Å². The molecule has 1 heterocycles. The molecule has 0 saturated heterocycles. The maximum Gasteiger partial charge on any atom is 0.323 e. The predicted molar refractivity (Wildman–Crippen MR) is 66.0 cm³/mol. The number of carbonyl (C=O) groups excluding carboxylic acids is 1. The summed E-state index contributed by atoms with van der Waals surface area (Å²) in [6.45, 7) is 5.03. The summed E-state index contributed by atoms with van der Waals surface area (Å²) in [5, 5.41) is 24.4. The number of aliphatic hydroxyl groups excluding tert-OH is 1. The molecule has 0 atom stereocenters. The highest BCUT2D eigenvalue weighted by Crippen LogP contribution is 2.14. The van der Waals surface area contributed by atoms with Crippen molar-refractivity contribution in [2.45, 2.75) is 20.4 Å². The van der Waals surface area contributed by atoms with Crippen molar-refractivity contribution < 1.29 is 9.90 Å². The van der Waals surface area contributed by atoms with Crippen LogP contribution in [0.1, 0.15) is 19.4 Å². The lowest BCUT2D eigenvalue weighted by Gasteiger charge is -2.19. The van der Waals surface area contributed by atoms with E-state index in [9.17, 15) is 4.79 Å². The van der Waals surface area contributed by atoms with Crippen LogP contribution in [0.4, 0.5) is 10.6 Å². The third kappa shape index (κ3) is 2.99. The van der Waals surface area contributed by atoms with Gasteiger partial charge >= 0.3 is 6.03 Å². The number of aliphatic hydroxyl groups is 1. The van der Waals surface area contributed by atoms with Gasteiger partial charge in [0.15, 0.2) is 5.82 Å². The number of amides is 2. The zero-order valence-corrected chi connectivity index (χ0v) is 10.6. The van der Waals surface area contributed by atoms with Gasteiger partial charge in [0.1, 0.15) is 11.6 Å². The first-order valence-corrected chi connectivity index (χ1v) is 5.80. The molecule has 1 aromatic rings. The van der Waals surface area contributed by atoms with Gasteiger partial charge in [0.2, 0.25) is 0 Å². The second kappa shape index (κ2) is 6.61. The minimum atomic E-state index is -0.281. The molecule has 1 rings (SSSR count). The van der Waals surface area contributed by atoms with E-state index in [1.54, 1.807) is 4.90 Å². The van der Waals surface area contributed by atoms with Gasteiger partial charge in [-0.3, -0.25) is 5.32 Å². The summed E-state index contributed by atoms with van der Waals surface area (Å²) in [6.07, 6.45) is 1.37. The molecule has 2 N–H and O–H groups in total. The number of anilines is 1. The molecule has 98 valence electrons. The summed E-state index contributed by atoms with van der Waals surface area (Å²) in [7, 11) is 0. The summed E-state index contributed by atoms with van der Waals surface area (Å²) < 4.78 is 1.40. The van der Waals surface area contributed by atoms with Crippen molar-refractivity contribution in [3.63, 3.8) is 0 Å². The van der Waals surface area contributed by atoms with Crippen LogP contribution in [0.2, 0.25) is 0 Å². The van der Waals surface area contributed by atoms with Crippen molar-refractivity contribution in [2.24, 2.45) is 0 Å². The van der Waals surface area contributed by atoms with Crippen LogP contribution in [-0.4, -0.2) is 45.5 Å². The summed E-state index contributed by atoms with van der Waals surface area (Å²) >= 11 is 0. The van der Waals surface area contributed by atoms with Crippen LogP contribution in [0.25, 0.3) is 0 Å². The molecule has 0 aliphatic heterocycles. The first kappa shape index (κ1) is 14.0. The summed E-state index contributed by atoms with van der Waals surface area (Å²) in [5.41, 5.74) is 0.281. The van der Waals surface area contributed by atoms with E-state index in [1.807, 2.05) is 19.9 Å². The minimum Gasteiger partial charge on any atom is -0.394 e. The lowest BCUT2D eigenvalue weighted by Crippen LogP contribution is -2.35. The largest absolute Gasteiger partial charge is 0.394 e. The van der Waals surface area contributed by atoms with Gasteiger partial charge in [-0.05, 0) is 13.8 Å². The Morgan fingerprint density at radius 2 is 2.28 bits per heavy atom. The highest BCUT2D eigenvalue weighted by Gasteiger charge is 2.16. The minimum absolute atomic E-state index is 0.110. The highest BCUT2D eigenvalue weighted by molar-refractivity contribution is 5.89. The average molecular weight is 251 g/mol. The molecule has 0 aliphatic rings. The number of hydrogen-bond acceptors (Lipinski definition) is 4. The molecule has 7 nitrogen and oxygen atoms in total. The maximum absolute atomic E-state index is 11.9. The van der Waals surface area contributed by atoms with E-state index < -0.39 is 0 Å². The van der Waals surface area contributed by atoms with Crippen LogP contribution in [0, 0.1) is 11.3 Å². The van der Waals surface area contributed by atoms with Crippen LogP contribution >= 0.6 is 0 Å². The number of urea groups is 1. The van der Waals surface area contributed by atoms with E-state index in [1.165, 1.54) is 10.9 Å². The Morgan fingerprint density at radius 1 is 1.61 bits per heavy atom. The molecule has 0 aromatic carbocycles. The maximum atomic E-state index is 11.9. The first-order chi connectivity index (χ1) is 8.67. The summed E-state index contributed by atoms with van der Waals surface area (Å²) in [6, 6.07) is 1.68. The van der Waals surface area contributed by atoms with Crippen molar-refractivity contribution in [1.82, 2.24) is 14.7 Å². The van der Waals surface area contributed by atoms with E-state index in [-0.39, 0.29) is 24.7 Å². The van der Waals surface area contributed by atoms with Crippen molar-refractivity contribution in [2.75, 3.05) is 25.0 Å². The molecule has 0 aliphatic carbocycles. The number of aromatic nitrogens is 2. The SMILES string of the molecule is CCN(CC)C(=O)Nc1c(C#N)cnn1CCO. The lowest BCUT2D eigenvalue weighted by molar-refractivity contribution is 0.216. The molecule has 0 fully saturated rings. The second-order valence-corrected chi connectivity index (χ2v) is 3.57. The monoisotopic (exact) mass is 251 g/mol. The molecule has 0 spiro atoms. The fourth-order valence-corrected chi connectivity index (χ4v) is 1.55. The van der Waals surface area contributed by atoms with Gasteiger partial charge in [0.25, 0.3) is 0 Å². The molecule has 0 radical (unpaired) electrons. The van der Waals surface area contributed by atoms with Crippen molar-refractivity contribution in [3.8, 4) is 6.07 Å². The molecule has 7 heteroatoms. The third-order valence-corrected chi connectivity index (χ3v) is 2.55. The standard InChI is InChI=1S/C11H17N5O2/c1-3-15(4-2)11(18)14-10-9(7-12)8-13-16(10)5-6-17/h8,17H,3-6H2,1-2H3,(H,14,18). The van der Waals surface area contributed by atoms with E-state index in [2.05, 4.69) is 10.4 Å². The third-order valence-electron chi connectivity index (χ3n) is 2.55. The van der Waals surface area contributed by atoms with Gasteiger partial charge in [0.05, 0.1) is 19.3 Å². The fraction of sp³-hybridized carbons (Fsp3) is 0.545. The van der Waals surface area contributed by atoms with E-state index >= 15 is 0 Å². The molecular formula is C11H17N5O2. The number of hydrogen-bond donors (Lipinski definition) is 2. The summed E-state index contributed by atoms with van der Waals surface area (Å²) in [5.74, 6) is 0.323. The van der Waals surface area contributed by atoms with Gasteiger partial charge in [-0.25, -0.2) is 9.48 Å². The van der Waals surface area contributed by atoms with Gasteiger partial charge in [-0.1, -0.05) is 0 Å². The Kier molecular flexibility index (Phi) is 5.14. The average Bonchev–Trinajstić information content (AvgIpc) is 2.74. The normalized spacial score (nSPS) is 9.89. The lowest BCUT2D eigenvalue weighted by atomic mass is 10.3. The molecule has 2 amide bonds. The van der Waals surface area contributed by atoms with Crippen LogP contribution in [-0.2, 0) is 6.54 Å². The molecule has 0 bridgehead atoms. The van der Waals surface area contributed by atoms with E-state index in [4.69, 9.17) is 10.4 Å². The van der Waals surface area contributed by atoms with Crippen LogP contribution in [0.15, 0.2) is 6.20 Å². The van der Waals surface area contributed by atoms with Crippen molar-refractivity contribution in [3.05, 3.63) is 11.8 Å².